The minimum atomic E-state index is -5.07. The van der Waals surface area contributed by atoms with Gasteiger partial charge in [-0.2, -0.15) is 39.5 Å². The normalized spacial score (nSPS) is 15.8. The van der Waals surface area contributed by atoms with E-state index in [1.807, 2.05) is 16.7 Å². The summed E-state index contributed by atoms with van der Waals surface area (Å²) in [4.78, 5) is 26.4. The lowest BCUT2D eigenvalue weighted by atomic mass is 9.97. The van der Waals surface area contributed by atoms with Crippen molar-refractivity contribution in [3.63, 3.8) is 0 Å². The van der Waals surface area contributed by atoms with E-state index in [1.54, 1.807) is 6.92 Å². The second-order valence-corrected chi connectivity index (χ2v) is 13.6. The molecule has 0 atom stereocenters. The number of alkyl halides is 9. The van der Waals surface area contributed by atoms with E-state index in [2.05, 4.69) is 9.97 Å². The largest absolute Gasteiger partial charge is 0.466 e. The van der Waals surface area contributed by atoms with Crippen LogP contribution >= 0.6 is 0 Å². The lowest BCUT2D eigenvalue weighted by Crippen LogP contribution is -2.37. The second-order valence-electron chi connectivity index (χ2n) is 13.6. The van der Waals surface area contributed by atoms with E-state index in [-0.39, 0.29) is 49.0 Å². The molecule has 2 heterocycles. The summed E-state index contributed by atoms with van der Waals surface area (Å²) in [5, 5.41) is 0. The first-order valence-electron chi connectivity index (χ1n) is 17.7. The van der Waals surface area contributed by atoms with Gasteiger partial charge in [-0.25, -0.2) is 9.97 Å². The fraction of sp³-hybridized carbons (Fsp3) is 0.541. The summed E-state index contributed by atoms with van der Waals surface area (Å²) in [7, 11) is 0. The molecule has 0 amide bonds. The molecule has 1 saturated carbocycles. The van der Waals surface area contributed by atoms with Crippen LogP contribution in [-0.2, 0) is 41.0 Å². The summed E-state index contributed by atoms with van der Waals surface area (Å²) in [5.74, 6) is -0.140. The molecule has 1 aliphatic heterocycles. The van der Waals surface area contributed by atoms with Gasteiger partial charge >= 0.3 is 24.5 Å². The van der Waals surface area contributed by atoms with Crippen molar-refractivity contribution >= 4 is 23.3 Å². The zero-order valence-electron chi connectivity index (χ0n) is 29.4. The molecule has 0 bridgehead atoms. The molecule has 16 heteroatoms. The van der Waals surface area contributed by atoms with E-state index in [4.69, 9.17) is 4.74 Å². The Morgan fingerprint density at radius 2 is 1.40 bits per heavy atom. The van der Waals surface area contributed by atoms with E-state index in [9.17, 15) is 44.3 Å². The van der Waals surface area contributed by atoms with Crippen molar-refractivity contribution in [2.24, 2.45) is 11.8 Å². The predicted octanol–water partition coefficient (Wildman–Crippen LogP) is 9.19. The Kier molecular flexibility index (Phi) is 12.4. The quantitative estimate of drug-likeness (QED) is 0.120. The van der Waals surface area contributed by atoms with Gasteiger partial charge in [0.2, 0.25) is 5.95 Å². The Hall–Kier alpha value is -4.24. The van der Waals surface area contributed by atoms with Crippen LogP contribution in [0, 0.1) is 11.8 Å². The van der Waals surface area contributed by atoms with Gasteiger partial charge in [0, 0.05) is 45.0 Å². The summed E-state index contributed by atoms with van der Waals surface area (Å²) in [5.41, 5.74) is -2.66. The van der Waals surface area contributed by atoms with Crippen molar-refractivity contribution in [2.45, 2.75) is 77.4 Å². The molecule has 2 aromatic carbocycles. The van der Waals surface area contributed by atoms with Crippen LogP contribution in [0.3, 0.4) is 0 Å². The number of rotatable bonds is 14. The van der Waals surface area contributed by atoms with E-state index in [0.717, 1.165) is 31.4 Å². The Morgan fingerprint density at radius 1 is 0.792 bits per heavy atom. The zero-order chi connectivity index (χ0) is 38.6. The SMILES string of the molecule is CCCN(CC1CC1)c1ccc(C(F)(F)F)cc1CCN(Cc1cc(C(F)(F)F)cc(C(F)(F)F)c1)c1ncc(N2CCC(C(=O)OCC)CC2)cn1. The minimum Gasteiger partial charge on any atom is -0.466 e. The van der Waals surface area contributed by atoms with E-state index in [1.165, 1.54) is 23.4 Å². The maximum absolute atomic E-state index is 13.9. The monoisotopic (exact) mass is 759 g/mol. The third-order valence-electron chi connectivity index (χ3n) is 9.48. The van der Waals surface area contributed by atoms with Crippen LogP contribution in [0.4, 0.5) is 56.8 Å². The summed E-state index contributed by atoms with van der Waals surface area (Å²) in [6.45, 7) is 5.57. The average molecular weight is 760 g/mol. The van der Waals surface area contributed by atoms with E-state index in [0.29, 0.717) is 74.0 Å². The van der Waals surface area contributed by atoms with Crippen LogP contribution in [0.25, 0.3) is 0 Å². The van der Waals surface area contributed by atoms with Gasteiger partial charge in [0.05, 0.1) is 47.3 Å². The molecule has 0 unspecified atom stereocenters. The lowest BCUT2D eigenvalue weighted by Gasteiger charge is -2.32. The second kappa shape index (κ2) is 16.4. The Bertz CT molecular complexity index is 1650. The molecule has 0 spiro atoms. The van der Waals surface area contributed by atoms with Crippen LogP contribution in [0.5, 0.6) is 0 Å². The summed E-state index contributed by atoms with van der Waals surface area (Å²) in [6.07, 6.45) is -8.07. The number of halogens is 9. The van der Waals surface area contributed by atoms with E-state index < -0.39 is 41.8 Å². The van der Waals surface area contributed by atoms with Gasteiger partial charge in [-0.05, 0) is 98.9 Å². The molecule has 1 aliphatic carbocycles. The summed E-state index contributed by atoms with van der Waals surface area (Å²) in [6, 6.07) is 4.79. The molecule has 53 heavy (non-hydrogen) atoms. The zero-order valence-corrected chi connectivity index (χ0v) is 29.4. The van der Waals surface area contributed by atoms with Gasteiger partial charge in [0.25, 0.3) is 0 Å². The first-order chi connectivity index (χ1) is 25.0. The summed E-state index contributed by atoms with van der Waals surface area (Å²) < 4.78 is 130. The molecule has 2 aliphatic rings. The summed E-state index contributed by atoms with van der Waals surface area (Å²) >= 11 is 0. The van der Waals surface area contributed by atoms with Gasteiger partial charge in [-0.3, -0.25) is 4.79 Å². The minimum absolute atomic E-state index is 0.0296. The van der Waals surface area contributed by atoms with Crippen LogP contribution in [0.15, 0.2) is 48.8 Å². The van der Waals surface area contributed by atoms with Gasteiger partial charge in [0.1, 0.15) is 0 Å². The fourth-order valence-electron chi connectivity index (χ4n) is 6.57. The van der Waals surface area contributed by atoms with Crippen molar-refractivity contribution < 1.29 is 49.0 Å². The number of carbonyl (C=O) groups is 1. The molecule has 1 aromatic heterocycles. The number of benzene rings is 2. The number of anilines is 3. The van der Waals surface area contributed by atoms with Crippen molar-refractivity contribution in [1.82, 2.24) is 9.97 Å². The highest BCUT2D eigenvalue weighted by molar-refractivity contribution is 5.73. The number of aromatic nitrogens is 2. The Morgan fingerprint density at radius 3 is 1.92 bits per heavy atom. The van der Waals surface area contributed by atoms with Crippen LogP contribution in [0.2, 0.25) is 0 Å². The van der Waals surface area contributed by atoms with Gasteiger partial charge in [0.15, 0.2) is 0 Å². The highest BCUT2D eigenvalue weighted by atomic mass is 19.4. The fourth-order valence-corrected chi connectivity index (χ4v) is 6.57. The third kappa shape index (κ3) is 10.7. The van der Waals surface area contributed by atoms with Crippen molar-refractivity contribution in [3.8, 4) is 0 Å². The molecule has 7 nitrogen and oxygen atoms in total. The van der Waals surface area contributed by atoms with Gasteiger partial charge < -0.3 is 19.4 Å². The highest BCUT2D eigenvalue weighted by Crippen LogP contribution is 2.38. The molecule has 290 valence electrons. The topological polar surface area (TPSA) is 61.8 Å². The molecule has 2 fully saturated rings. The molecule has 0 radical (unpaired) electrons. The number of nitrogens with zero attached hydrogens (tertiary/aromatic N) is 5. The molecule has 5 rings (SSSR count). The highest BCUT2D eigenvalue weighted by Gasteiger charge is 2.37. The predicted molar refractivity (Wildman–Crippen MR) is 181 cm³/mol. The number of esters is 1. The third-order valence-corrected chi connectivity index (χ3v) is 9.48. The molecule has 1 saturated heterocycles. The number of hydrogen-bond donors (Lipinski definition) is 0. The number of carbonyl (C=O) groups excluding carboxylic acids is 1. The Balaban J connectivity index is 1.47. The van der Waals surface area contributed by atoms with Crippen molar-refractivity contribution in [3.05, 3.63) is 76.6 Å². The van der Waals surface area contributed by atoms with Crippen molar-refractivity contribution in [2.75, 3.05) is 54.0 Å². The Labute approximate surface area is 302 Å². The van der Waals surface area contributed by atoms with Gasteiger partial charge in [-0.1, -0.05) is 6.92 Å². The number of ether oxygens (including phenoxy) is 1. The smallest absolute Gasteiger partial charge is 0.416 e. The van der Waals surface area contributed by atoms with Crippen LogP contribution < -0.4 is 14.7 Å². The molecule has 3 aromatic rings. The van der Waals surface area contributed by atoms with E-state index >= 15 is 0 Å². The first kappa shape index (κ1) is 40.0. The average Bonchev–Trinajstić information content (AvgIpc) is 3.93. The number of hydrogen-bond acceptors (Lipinski definition) is 7. The van der Waals surface area contributed by atoms with Crippen LogP contribution in [0.1, 0.15) is 73.8 Å². The van der Waals surface area contributed by atoms with Crippen molar-refractivity contribution in [1.29, 1.82) is 0 Å². The van der Waals surface area contributed by atoms with Crippen LogP contribution in [-0.4, -0.2) is 55.3 Å². The maximum atomic E-state index is 13.9. The molecule has 0 N–H and O–H groups in total. The molecular formula is C37H42F9N5O2. The molecular weight excluding hydrogens is 717 g/mol. The maximum Gasteiger partial charge on any atom is 0.416 e. The van der Waals surface area contributed by atoms with Gasteiger partial charge in [-0.15, -0.1) is 0 Å². The lowest BCUT2D eigenvalue weighted by molar-refractivity contribution is -0.148. The number of piperidine rings is 1. The first-order valence-corrected chi connectivity index (χ1v) is 17.7. The standard InChI is InChI=1S/C37H42F9N5O2/c1-3-12-50(22-24-5-6-24)32-8-7-28(35(38,39)40)18-27(32)11-15-51(23-25-16-29(36(41,42)43)19-30(17-25)37(44,45)46)34-47-20-31(21-48-34)49-13-9-26(10-14-49)33(52)53-4-2/h7-8,16-21,24,26H,3-6,9-15,22-23H2,1-2H3.